The van der Waals surface area contributed by atoms with Gasteiger partial charge in [0.1, 0.15) is 11.9 Å². The van der Waals surface area contributed by atoms with Crippen molar-refractivity contribution in [3.05, 3.63) is 0 Å². The lowest BCUT2D eigenvalue weighted by atomic mass is 9.90. The summed E-state index contributed by atoms with van der Waals surface area (Å²) in [4.78, 5) is 24.6. The average Bonchev–Trinajstić information content (AvgIpc) is 2.70. The van der Waals surface area contributed by atoms with Crippen LogP contribution in [0.2, 0.25) is 0 Å². The molecule has 2 aliphatic heterocycles. The minimum absolute atomic E-state index is 0.0197. The summed E-state index contributed by atoms with van der Waals surface area (Å²) in [6.07, 6.45) is 3.49. The highest BCUT2D eigenvalue weighted by atomic mass is 16.6. The minimum Gasteiger partial charge on any atom is -0.444 e. The van der Waals surface area contributed by atoms with Gasteiger partial charge in [0.15, 0.2) is 0 Å². The van der Waals surface area contributed by atoms with Crippen molar-refractivity contribution in [3.63, 3.8) is 0 Å². The van der Waals surface area contributed by atoms with Crippen molar-refractivity contribution < 1.29 is 14.3 Å². The van der Waals surface area contributed by atoms with E-state index in [2.05, 4.69) is 0 Å². The van der Waals surface area contributed by atoms with E-state index in [4.69, 9.17) is 4.74 Å². The molecule has 90 valence electrons. The van der Waals surface area contributed by atoms with E-state index in [1.807, 2.05) is 20.8 Å². The van der Waals surface area contributed by atoms with Gasteiger partial charge in [-0.3, -0.25) is 0 Å². The minimum atomic E-state index is -0.463. The zero-order valence-corrected chi connectivity index (χ0v) is 10.1. The van der Waals surface area contributed by atoms with Crippen LogP contribution in [0.25, 0.3) is 0 Å². The lowest BCUT2D eigenvalue weighted by Gasteiger charge is -2.27. The second-order valence-corrected chi connectivity index (χ2v) is 5.72. The molecule has 2 bridgehead atoms. The van der Waals surface area contributed by atoms with Gasteiger partial charge in [-0.05, 0) is 40.0 Å². The van der Waals surface area contributed by atoms with Crippen molar-refractivity contribution in [1.29, 1.82) is 0 Å². The summed E-state index contributed by atoms with van der Waals surface area (Å²) < 4.78 is 5.37. The topological polar surface area (TPSA) is 46.6 Å². The Hall–Kier alpha value is -1.06. The van der Waals surface area contributed by atoms with Crippen molar-refractivity contribution >= 4 is 12.4 Å². The summed E-state index contributed by atoms with van der Waals surface area (Å²) in [6.45, 7) is 5.58. The summed E-state index contributed by atoms with van der Waals surface area (Å²) in [7, 11) is 0. The van der Waals surface area contributed by atoms with Crippen molar-refractivity contribution in [2.24, 2.45) is 5.92 Å². The van der Waals surface area contributed by atoms with Crippen LogP contribution in [-0.2, 0) is 9.53 Å². The number of amides is 1. The molecule has 4 heteroatoms. The average molecular weight is 225 g/mol. The lowest BCUT2D eigenvalue weighted by Crippen LogP contribution is -2.40. The van der Waals surface area contributed by atoms with Crippen LogP contribution >= 0.6 is 0 Å². The number of nitrogens with zero attached hydrogens (tertiary/aromatic N) is 1. The highest BCUT2D eigenvalue weighted by molar-refractivity contribution is 5.72. The number of ether oxygens (including phenoxy) is 1. The molecule has 0 aromatic carbocycles. The monoisotopic (exact) mass is 225 g/mol. The zero-order chi connectivity index (χ0) is 11.9. The maximum atomic E-state index is 12.0. The third-order valence-electron chi connectivity index (χ3n) is 3.36. The van der Waals surface area contributed by atoms with E-state index in [1.54, 1.807) is 4.90 Å². The van der Waals surface area contributed by atoms with Gasteiger partial charge in [0.05, 0.1) is 0 Å². The van der Waals surface area contributed by atoms with E-state index in [0.29, 0.717) is 0 Å². The van der Waals surface area contributed by atoms with Gasteiger partial charge in [-0.2, -0.15) is 0 Å². The van der Waals surface area contributed by atoms with Gasteiger partial charge in [-0.25, -0.2) is 4.79 Å². The van der Waals surface area contributed by atoms with Crippen LogP contribution < -0.4 is 0 Å². The Morgan fingerprint density at radius 2 is 2.06 bits per heavy atom. The maximum Gasteiger partial charge on any atom is 0.410 e. The van der Waals surface area contributed by atoms with Crippen molar-refractivity contribution in [2.75, 3.05) is 0 Å². The molecule has 0 unspecified atom stereocenters. The quantitative estimate of drug-likeness (QED) is 0.641. The van der Waals surface area contributed by atoms with Gasteiger partial charge in [0, 0.05) is 18.0 Å². The SMILES string of the molecule is CC(C)(C)OC(=O)N1[C@H]2CC[C@@H]1[C@@H](C=O)C2. The number of rotatable bonds is 1. The van der Waals surface area contributed by atoms with Crippen LogP contribution in [0.4, 0.5) is 4.79 Å². The van der Waals surface area contributed by atoms with Gasteiger partial charge in [0.2, 0.25) is 0 Å². The Bertz CT molecular complexity index is 308. The third kappa shape index (κ3) is 1.93. The Morgan fingerprint density at radius 1 is 1.38 bits per heavy atom. The summed E-state index contributed by atoms with van der Waals surface area (Å²) in [5.41, 5.74) is -0.463. The number of hydrogen-bond donors (Lipinski definition) is 0. The molecule has 0 N–H and O–H groups in total. The zero-order valence-electron chi connectivity index (χ0n) is 10.1. The number of carbonyl (C=O) groups is 2. The molecular formula is C12H19NO3. The molecule has 3 atom stereocenters. The maximum absolute atomic E-state index is 12.0. The van der Waals surface area contributed by atoms with Gasteiger partial charge in [-0.15, -0.1) is 0 Å². The van der Waals surface area contributed by atoms with E-state index in [9.17, 15) is 9.59 Å². The summed E-state index contributed by atoms with van der Waals surface area (Å²) in [5, 5.41) is 0. The first-order chi connectivity index (χ1) is 7.42. The highest BCUT2D eigenvalue weighted by Crippen LogP contribution is 2.41. The van der Waals surface area contributed by atoms with Crippen LogP contribution in [-0.4, -0.2) is 35.0 Å². The number of fused-ring (bicyclic) bond motifs is 2. The predicted molar refractivity (Wildman–Crippen MR) is 59.1 cm³/mol. The Balaban J connectivity index is 2.06. The second kappa shape index (κ2) is 3.75. The van der Waals surface area contributed by atoms with E-state index in [1.165, 1.54) is 0 Å². The van der Waals surface area contributed by atoms with Crippen LogP contribution in [0, 0.1) is 5.92 Å². The first kappa shape index (κ1) is 11.4. The Labute approximate surface area is 95.9 Å². The van der Waals surface area contributed by atoms with Crippen LogP contribution in [0.3, 0.4) is 0 Å². The smallest absolute Gasteiger partial charge is 0.410 e. The molecule has 4 nitrogen and oxygen atoms in total. The normalized spacial score (nSPS) is 32.9. The number of hydrogen-bond acceptors (Lipinski definition) is 3. The molecule has 2 heterocycles. The molecule has 2 aliphatic rings. The highest BCUT2D eigenvalue weighted by Gasteiger charge is 2.49. The molecule has 0 saturated carbocycles. The standard InChI is InChI=1S/C12H19NO3/c1-12(2,3)16-11(15)13-9-4-5-10(13)8(6-9)7-14/h7-10H,4-6H2,1-3H3/t8-,9+,10-/m1/s1. The molecule has 16 heavy (non-hydrogen) atoms. The van der Waals surface area contributed by atoms with Gasteiger partial charge in [-0.1, -0.05) is 0 Å². The van der Waals surface area contributed by atoms with E-state index in [-0.39, 0.29) is 24.1 Å². The first-order valence-corrected chi connectivity index (χ1v) is 5.89. The first-order valence-electron chi connectivity index (χ1n) is 5.89. The molecule has 0 spiro atoms. The van der Waals surface area contributed by atoms with Crippen molar-refractivity contribution in [2.45, 2.75) is 57.7 Å². The molecule has 0 aliphatic carbocycles. The van der Waals surface area contributed by atoms with Gasteiger partial charge >= 0.3 is 6.09 Å². The van der Waals surface area contributed by atoms with Crippen molar-refractivity contribution in [1.82, 2.24) is 4.90 Å². The lowest BCUT2D eigenvalue weighted by molar-refractivity contribution is -0.111. The fourth-order valence-corrected chi connectivity index (χ4v) is 2.78. The van der Waals surface area contributed by atoms with E-state index >= 15 is 0 Å². The summed E-state index contributed by atoms with van der Waals surface area (Å²) in [6, 6.07) is 0.299. The van der Waals surface area contributed by atoms with Crippen LogP contribution in [0.5, 0.6) is 0 Å². The van der Waals surface area contributed by atoms with E-state index in [0.717, 1.165) is 25.5 Å². The van der Waals surface area contributed by atoms with Gasteiger partial charge < -0.3 is 14.4 Å². The molecule has 0 aromatic heterocycles. The van der Waals surface area contributed by atoms with Crippen molar-refractivity contribution in [3.8, 4) is 0 Å². The summed E-state index contributed by atoms with van der Waals surface area (Å²) >= 11 is 0. The molecule has 1 amide bonds. The molecule has 2 saturated heterocycles. The van der Waals surface area contributed by atoms with Gasteiger partial charge in [0.25, 0.3) is 0 Å². The largest absolute Gasteiger partial charge is 0.444 e. The molecule has 0 aromatic rings. The molecular weight excluding hydrogens is 206 g/mol. The molecule has 2 fully saturated rings. The molecule has 2 rings (SSSR count). The van der Waals surface area contributed by atoms with Crippen LogP contribution in [0.1, 0.15) is 40.0 Å². The number of carbonyl (C=O) groups excluding carboxylic acids is 2. The van der Waals surface area contributed by atoms with Crippen LogP contribution in [0.15, 0.2) is 0 Å². The fraction of sp³-hybridized carbons (Fsp3) is 0.833. The Kier molecular flexibility index (Phi) is 2.68. The third-order valence-corrected chi connectivity index (χ3v) is 3.36. The predicted octanol–water partition coefficient (Wildman–Crippen LogP) is 1.97. The molecule has 0 radical (unpaired) electrons. The Morgan fingerprint density at radius 3 is 2.56 bits per heavy atom. The second-order valence-electron chi connectivity index (χ2n) is 5.72. The summed E-state index contributed by atoms with van der Waals surface area (Å²) in [5.74, 6) is 0.0197. The number of aldehydes is 1. The fourth-order valence-electron chi connectivity index (χ4n) is 2.78. The van der Waals surface area contributed by atoms with E-state index < -0.39 is 5.60 Å².